The maximum atomic E-state index is 4.03. The molecule has 1 aliphatic heterocycles. The van der Waals surface area contributed by atoms with Crippen molar-refractivity contribution in [2.75, 3.05) is 13.6 Å². The number of likely N-dealkylation sites (tertiary alicyclic amines) is 1. The minimum Gasteiger partial charge on any atom is -0.300 e. The molecule has 0 aliphatic carbocycles. The first kappa shape index (κ1) is 7.16. The van der Waals surface area contributed by atoms with Crippen LogP contribution in [0.2, 0.25) is 0 Å². The summed E-state index contributed by atoms with van der Waals surface area (Å²) >= 11 is 4.03. The van der Waals surface area contributed by atoms with Gasteiger partial charge in [0, 0.05) is 6.04 Å². The second kappa shape index (κ2) is 3.28. The first-order chi connectivity index (χ1) is 4.34. The molecule has 1 unspecified atom stereocenters. The third-order valence-electron chi connectivity index (χ3n) is 1.89. The molecule has 0 aromatic heterocycles. The Labute approximate surface area is 62.1 Å². The second-order valence-electron chi connectivity index (χ2n) is 2.53. The Morgan fingerprint density at radius 3 is 2.89 bits per heavy atom. The topological polar surface area (TPSA) is 3.24 Å². The van der Waals surface area contributed by atoms with Gasteiger partial charge in [0.2, 0.25) is 0 Å². The fourth-order valence-corrected chi connectivity index (χ4v) is 1.48. The van der Waals surface area contributed by atoms with Gasteiger partial charge in [0.05, 0.1) is 0 Å². The summed E-state index contributed by atoms with van der Waals surface area (Å²) in [6.45, 7) is 1.24. The molecule has 0 spiro atoms. The van der Waals surface area contributed by atoms with Crippen LogP contribution in [0, 0.1) is 0 Å². The van der Waals surface area contributed by atoms with Crippen LogP contribution in [-0.2, 0) is 0 Å². The van der Waals surface area contributed by atoms with Gasteiger partial charge in [0.1, 0.15) is 0 Å². The van der Waals surface area contributed by atoms with Gasteiger partial charge in [-0.15, -0.1) is 0 Å². The van der Waals surface area contributed by atoms with Crippen molar-refractivity contribution in [3.63, 3.8) is 0 Å². The molecule has 0 aromatic rings. The molecule has 1 fully saturated rings. The summed E-state index contributed by atoms with van der Waals surface area (Å²) in [5.41, 5.74) is 0. The van der Waals surface area contributed by atoms with E-state index in [1.54, 1.807) is 0 Å². The van der Waals surface area contributed by atoms with Crippen LogP contribution >= 0.6 is 12.6 Å². The Kier molecular flexibility index (Phi) is 2.61. The zero-order valence-corrected chi connectivity index (χ0v) is 6.64. The smallest absolute Gasteiger partial charge is 0.0283 e. The fourth-order valence-electron chi connectivity index (χ4n) is 1.28. The van der Waals surface area contributed by atoms with Crippen molar-refractivity contribution < 1.29 is 0 Å². The molecule has 0 N–H and O–H groups in total. The average molecular weight is 143 g/mol. The number of rotatable bonds is 1. The van der Waals surface area contributed by atoms with E-state index < -0.39 is 0 Å². The van der Waals surface area contributed by atoms with Crippen LogP contribution in [0.3, 0.4) is 0 Å². The lowest BCUT2D eigenvalue weighted by Gasteiger charge is -2.13. The van der Waals surface area contributed by atoms with E-state index in [4.69, 9.17) is 0 Å². The van der Waals surface area contributed by atoms with E-state index in [1.807, 2.05) is 5.41 Å². The number of nitrogens with zero attached hydrogens (tertiary/aromatic N) is 1. The van der Waals surface area contributed by atoms with Crippen LogP contribution in [-0.4, -0.2) is 24.5 Å². The van der Waals surface area contributed by atoms with Gasteiger partial charge in [-0.05, 0) is 31.8 Å². The average Bonchev–Trinajstić information content (AvgIpc) is 2.18. The van der Waals surface area contributed by atoms with Gasteiger partial charge in [-0.3, -0.25) is 4.90 Å². The van der Waals surface area contributed by atoms with Crippen molar-refractivity contribution in [3.05, 3.63) is 11.5 Å². The normalized spacial score (nSPS) is 30.2. The van der Waals surface area contributed by atoms with Crippen LogP contribution in [0.5, 0.6) is 0 Å². The Morgan fingerprint density at radius 2 is 2.44 bits per heavy atom. The summed E-state index contributed by atoms with van der Waals surface area (Å²) in [6.07, 6.45) is 4.78. The number of likely N-dealkylation sites (N-methyl/N-ethyl adjacent to an activating group) is 1. The van der Waals surface area contributed by atoms with Gasteiger partial charge >= 0.3 is 0 Å². The van der Waals surface area contributed by atoms with Gasteiger partial charge in [-0.25, -0.2) is 0 Å². The second-order valence-corrected chi connectivity index (χ2v) is 2.83. The first-order valence-corrected chi connectivity index (χ1v) is 3.87. The highest BCUT2D eigenvalue weighted by Crippen LogP contribution is 2.15. The summed E-state index contributed by atoms with van der Waals surface area (Å²) in [5, 5.41) is 1.84. The van der Waals surface area contributed by atoms with E-state index in [0.717, 1.165) is 0 Å². The highest BCUT2D eigenvalue weighted by Gasteiger charge is 2.16. The van der Waals surface area contributed by atoms with Crippen molar-refractivity contribution in [1.82, 2.24) is 4.90 Å². The monoisotopic (exact) mass is 143 g/mol. The van der Waals surface area contributed by atoms with Crippen LogP contribution < -0.4 is 0 Å². The minimum absolute atomic E-state index is 0.655. The maximum absolute atomic E-state index is 4.03. The van der Waals surface area contributed by atoms with Crippen LogP contribution in [0.15, 0.2) is 11.5 Å². The standard InChI is InChI=1S/C7H13NS/c1-8-5-2-3-7(8)4-6-9/h4,6-7,9H,2-3,5H2,1H3/b6-4+. The minimum atomic E-state index is 0.655. The molecule has 9 heavy (non-hydrogen) atoms. The van der Waals surface area contributed by atoms with Crippen molar-refractivity contribution in [2.24, 2.45) is 0 Å². The Balaban J connectivity index is 2.39. The largest absolute Gasteiger partial charge is 0.300 e. The molecule has 0 saturated carbocycles. The number of thiol groups is 1. The molecule has 0 amide bonds. The molecule has 2 heteroatoms. The van der Waals surface area contributed by atoms with E-state index in [-0.39, 0.29) is 0 Å². The zero-order chi connectivity index (χ0) is 6.69. The van der Waals surface area contributed by atoms with Gasteiger partial charge < -0.3 is 0 Å². The quantitative estimate of drug-likeness (QED) is 0.545. The Morgan fingerprint density at radius 1 is 1.67 bits per heavy atom. The van der Waals surface area contributed by atoms with Crippen LogP contribution in [0.1, 0.15) is 12.8 Å². The molecule has 1 rings (SSSR count). The predicted octanol–water partition coefficient (Wildman–Crippen LogP) is 1.52. The predicted molar refractivity (Wildman–Crippen MR) is 43.8 cm³/mol. The Bertz CT molecular complexity index is 111. The van der Waals surface area contributed by atoms with Gasteiger partial charge in [0.25, 0.3) is 0 Å². The van der Waals surface area contributed by atoms with E-state index in [0.29, 0.717) is 6.04 Å². The molecule has 1 nitrogen and oxygen atoms in total. The highest BCUT2D eigenvalue weighted by atomic mass is 32.1. The third-order valence-corrected chi connectivity index (χ3v) is 2.06. The lowest BCUT2D eigenvalue weighted by atomic mass is 10.2. The fraction of sp³-hybridized carbons (Fsp3) is 0.714. The summed E-state index contributed by atoms with van der Waals surface area (Å²) in [5.74, 6) is 0. The molecule has 52 valence electrons. The third kappa shape index (κ3) is 1.73. The summed E-state index contributed by atoms with van der Waals surface area (Å²) in [4.78, 5) is 2.35. The number of hydrogen-bond acceptors (Lipinski definition) is 2. The zero-order valence-electron chi connectivity index (χ0n) is 5.75. The van der Waals surface area contributed by atoms with Crippen molar-refractivity contribution in [1.29, 1.82) is 0 Å². The summed E-state index contributed by atoms with van der Waals surface area (Å²) in [7, 11) is 2.16. The van der Waals surface area contributed by atoms with Gasteiger partial charge in [0.15, 0.2) is 0 Å². The van der Waals surface area contributed by atoms with Gasteiger partial charge in [-0.1, -0.05) is 6.08 Å². The molecular weight excluding hydrogens is 130 g/mol. The van der Waals surface area contributed by atoms with Crippen molar-refractivity contribution in [3.8, 4) is 0 Å². The first-order valence-electron chi connectivity index (χ1n) is 3.35. The molecule has 0 bridgehead atoms. The molecule has 1 aliphatic rings. The number of hydrogen-bond donors (Lipinski definition) is 1. The van der Waals surface area contributed by atoms with E-state index in [9.17, 15) is 0 Å². The van der Waals surface area contributed by atoms with Gasteiger partial charge in [-0.2, -0.15) is 12.6 Å². The molecule has 0 aromatic carbocycles. The summed E-state index contributed by atoms with van der Waals surface area (Å²) < 4.78 is 0. The Hall–Kier alpha value is 0.0500. The highest BCUT2D eigenvalue weighted by molar-refractivity contribution is 7.83. The van der Waals surface area contributed by atoms with E-state index in [2.05, 4.69) is 30.7 Å². The van der Waals surface area contributed by atoms with Crippen molar-refractivity contribution >= 4 is 12.6 Å². The van der Waals surface area contributed by atoms with E-state index in [1.165, 1.54) is 19.4 Å². The maximum Gasteiger partial charge on any atom is 0.0283 e. The summed E-state index contributed by atoms with van der Waals surface area (Å²) in [6, 6.07) is 0.655. The lowest BCUT2D eigenvalue weighted by molar-refractivity contribution is 0.357. The molecule has 1 saturated heterocycles. The SMILES string of the molecule is CN1CCCC1/C=C/S. The van der Waals surface area contributed by atoms with E-state index >= 15 is 0 Å². The van der Waals surface area contributed by atoms with Crippen LogP contribution in [0.4, 0.5) is 0 Å². The molecular formula is C7H13NS. The van der Waals surface area contributed by atoms with Crippen molar-refractivity contribution in [2.45, 2.75) is 18.9 Å². The van der Waals surface area contributed by atoms with Crippen LogP contribution in [0.25, 0.3) is 0 Å². The molecule has 1 atom stereocenters. The molecule has 0 radical (unpaired) electrons. The molecule has 1 heterocycles. The lowest BCUT2D eigenvalue weighted by Crippen LogP contribution is -2.22.